The number of aromatic nitrogens is 2. The standard InChI is InChI=1S/C22H23FN2O5/c1-22(2)29-13-17(30-22)12-28-11-15-10-25(9-14-3-5-16(23)6-4-14)20-8-24-19(21(26)27)7-18(15)20/h3-8,10,17H,9,11-13H2,1-2H3,(H,26,27). The Kier molecular flexibility index (Phi) is 5.55. The summed E-state index contributed by atoms with van der Waals surface area (Å²) in [5, 5.41) is 10.1. The van der Waals surface area contributed by atoms with Crippen LogP contribution in [0.2, 0.25) is 0 Å². The molecule has 1 atom stereocenters. The van der Waals surface area contributed by atoms with E-state index in [9.17, 15) is 14.3 Å². The van der Waals surface area contributed by atoms with Crippen LogP contribution in [0.4, 0.5) is 4.39 Å². The zero-order chi connectivity index (χ0) is 21.3. The number of fused-ring (bicyclic) bond motifs is 1. The number of carbonyl (C=O) groups is 1. The Morgan fingerprint density at radius 1 is 1.37 bits per heavy atom. The van der Waals surface area contributed by atoms with E-state index in [1.807, 2.05) is 24.6 Å². The van der Waals surface area contributed by atoms with Gasteiger partial charge in [0, 0.05) is 23.7 Å². The predicted molar refractivity (Wildman–Crippen MR) is 107 cm³/mol. The number of carboxylic acid groups (broad SMARTS) is 1. The van der Waals surface area contributed by atoms with Crippen molar-refractivity contribution in [1.82, 2.24) is 9.55 Å². The minimum atomic E-state index is -1.09. The first kappa shape index (κ1) is 20.5. The van der Waals surface area contributed by atoms with Gasteiger partial charge in [0.25, 0.3) is 0 Å². The average Bonchev–Trinajstić information content (AvgIpc) is 3.23. The van der Waals surface area contributed by atoms with Gasteiger partial charge in [-0.15, -0.1) is 0 Å². The molecule has 0 spiro atoms. The van der Waals surface area contributed by atoms with Crippen molar-refractivity contribution in [2.75, 3.05) is 13.2 Å². The van der Waals surface area contributed by atoms with E-state index in [0.29, 0.717) is 19.8 Å². The van der Waals surface area contributed by atoms with Gasteiger partial charge >= 0.3 is 5.97 Å². The fourth-order valence-corrected chi connectivity index (χ4v) is 3.56. The van der Waals surface area contributed by atoms with Crippen molar-refractivity contribution in [3.8, 4) is 0 Å². The van der Waals surface area contributed by atoms with E-state index >= 15 is 0 Å². The maximum absolute atomic E-state index is 13.2. The van der Waals surface area contributed by atoms with E-state index in [-0.39, 0.29) is 24.2 Å². The second-order valence-corrected chi connectivity index (χ2v) is 7.77. The lowest BCUT2D eigenvalue weighted by Crippen LogP contribution is -2.24. The van der Waals surface area contributed by atoms with Crippen molar-refractivity contribution in [2.45, 2.75) is 38.9 Å². The molecule has 158 valence electrons. The van der Waals surface area contributed by atoms with Gasteiger partial charge in [-0.05, 0) is 37.6 Å². The number of hydrogen-bond donors (Lipinski definition) is 1. The van der Waals surface area contributed by atoms with Crippen molar-refractivity contribution in [2.24, 2.45) is 0 Å². The van der Waals surface area contributed by atoms with Gasteiger partial charge in [0.05, 0.1) is 31.5 Å². The van der Waals surface area contributed by atoms with Crippen LogP contribution in [-0.2, 0) is 27.4 Å². The number of nitrogens with zero attached hydrogens (tertiary/aromatic N) is 2. The lowest BCUT2D eigenvalue weighted by Gasteiger charge is -2.17. The van der Waals surface area contributed by atoms with Gasteiger partial charge in [0.1, 0.15) is 17.6 Å². The highest BCUT2D eigenvalue weighted by Crippen LogP contribution is 2.25. The third kappa shape index (κ3) is 4.51. The van der Waals surface area contributed by atoms with E-state index < -0.39 is 11.8 Å². The smallest absolute Gasteiger partial charge is 0.354 e. The summed E-state index contributed by atoms with van der Waals surface area (Å²) in [6.45, 7) is 5.33. The zero-order valence-electron chi connectivity index (χ0n) is 16.8. The fraction of sp³-hybridized carbons (Fsp3) is 0.364. The van der Waals surface area contributed by atoms with Crippen LogP contribution in [-0.4, -0.2) is 45.7 Å². The molecular weight excluding hydrogens is 391 g/mol. The van der Waals surface area contributed by atoms with Crippen molar-refractivity contribution >= 4 is 16.9 Å². The zero-order valence-corrected chi connectivity index (χ0v) is 16.8. The Bertz CT molecular complexity index is 1060. The molecule has 4 rings (SSSR count). The number of aromatic carboxylic acids is 1. The van der Waals surface area contributed by atoms with E-state index in [1.165, 1.54) is 12.1 Å². The molecule has 1 unspecified atom stereocenters. The van der Waals surface area contributed by atoms with Crippen LogP contribution < -0.4 is 0 Å². The normalized spacial score (nSPS) is 18.2. The van der Waals surface area contributed by atoms with Crippen molar-refractivity contribution in [3.05, 3.63) is 65.4 Å². The quantitative estimate of drug-likeness (QED) is 0.636. The minimum absolute atomic E-state index is 0.0300. The van der Waals surface area contributed by atoms with Gasteiger partial charge in [-0.1, -0.05) is 12.1 Å². The lowest BCUT2D eigenvalue weighted by molar-refractivity contribution is -0.145. The van der Waals surface area contributed by atoms with Crippen LogP contribution >= 0.6 is 0 Å². The van der Waals surface area contributed by atoms with E-state index in [1.54, 1.807) is 24.4 Å². The number of benzene rings is 1. The molecule has 30 heavy (non-hydrogen) atoms. The van der Waals surface area contributed by atoms with Crippen LogP contribution in [0, 0.1) is 5.82 Å². The topological polar surface area (TPSA) is 82.8 Å². The van der Waals surface area contributed by atoms with Gasteiger partial charge in [-0.2, -0.15) is 0 Å². The van der Waals surface area contributed by atoms with Crippen molar-refractivity contribution in [3.63, 3.8) is 0 Å². The first-order chi connectivity index (χ1) is 14.3. The van der Waals surface area contributed by atoms with Crippen LogP contribution in [0.1, 0.15) is 35.5 Å². The molecule has 1 saturated heterocycles. The van der Waals surface area contributed by atoms with Gasteiger partial charge in [-0.3, -0.25) is 0 Å². The number of rotatable bonds is 7. The van der Waals surface area contributed by atoms with E-state index in [4.69, 9.17) is 14.2 Å². The molecule has 3 heterocycles. The summed E-state index contributed by atoms with van der Waals surface area (Å²) in [6, 6.07) is 7.81. The SMILES string of the molecule is CC1(C)OCC(COCc2cn(Cc3ccc(F)cc3)c3cnc(C(=O)O)cc23)O1. The maximum atomic E-state index is 13.2. The fourth-order valence-electron chi connectivity index (χ4n) is 3.56. The third-order valence-corrected chi connectivity index (χ3v) is 4.96. The predicted octanol–water partition coefficient (Wildman–Crippen LogP) is 3.59. The molecule has 0 bridgehead atoms. The summed E-state index contributed by atoms with van der Waals surface area (Å²) in [6.07, 6.45) is 3.31. The molecule has 1 N–H and O–H groups in total. The van der Waals surface area contributed by atoms with E-state index in [2.05, 4.69) is 4.98 Å². The van der Waals surface area contributed by atoms with Gasteiger partial charge in [-0.25, -0.2) is 14.2 Å². The van der Waals surface area contributed by atoms with Gasteiger partial charge < -0.3 is 23.9 Å². The molecule has 0 radical (unpaired) electrons. The summed E-state index contributed by atoms with van der Waals surface area (Å²) >= 11 is 0. The first-order valence-corrected chi connectivity index (χ1v) is 9.66. The van der Waals surface area contributed by atoms with Crippen LogP contribution in [0.3, 0.4) is 0 Å². The summed E-state index contributed by atoms with van der Waals surface area (Å²) in [4.78, 5) is 15.4. The highest BCUT2D eigenvalue weighted by molar-refractivity contribution is 5.92. The first-order valence-electron chi connectivity index (χ1n) is 9.66. The lowest BCUT2D eigenvalue weighted by atomic mass is 10.2. The molecule has 2 aromatic heterocycles. The molecule has 0 saturated carbocycles. The van der Waals surface area contributed by atoms with Crippen molar-refractivity contribution in [1.29, 1.82) is 0 Å². The Morgan fingerprint density at radius 3 is 2.80 bits per heavy atom. The second kappa shape index (κ2) is 8.14. The molecule has 0 aliphatic carbocycles. The number of pyridine rings is 1. The van der Waals surface area contributed by atoms with Crippen LogP contribution in [0.5, 0.6) is 0 Å². The molecule has 3 aromatic rings. The molecule has 0 amide bonds. The monoisotopic (exact) mass is 414 g/mol. The molecule has 1 aliphatic rings. The molecule has 7 nitrogen and oxygen atoms in total. The van der Waals surface area contributed by atoms with Crippen LogP contribution in [0.15, 0.2) is 42.7 Å². The highest BCUT2D eigenvalue weighted by atomic mass is 19.1. The summed E-state index contributed by atoms with van der Waals surface area (Å²) in [5.74, 6) is -1.99. The molecular formula is C22H23FN2O5. The maximum Gasteiger partial charge on any atom is 0.354 e. The largest absolute Gasteiger partial charge is 0.477 e. The number of ether oxygens (including phenoxy) is 3. The third-order valence-electron chi connectivity index (χ3n) is 4.96. The number of hydrogen-bond acceptors (Lipinski definition) is 5. The molecule has 1 fully saturated rings. The Morgan fingerprint density at radius 2 is 2.13 bits per heavy atom. The molecule has 1 aromatic carbocycles. The summed E-state index contributed by atoms with van der Waals surface area (Å²) in [7, 11) is 0. The number of halogens is 1. The molecule has 1 aliphatic heterocycles. The Hall–Kier alpha value is -2.81. The molecule has 8 heteroatoms. The van der Waals surface area contributed by atoms with Gasteiger partial charge in [0.15, 0.2) is 5.79 Å². The Labute approximate surface area is 173 Å². The van der Waals surface area contributed by atoms with E-state index in [0.717, 1.165) is 22.0 Å². The average molecular weight is 414 g/mol. The second-order valence-electron chi connectivity index (χ2n) is 7.77. The van der Waals surface area contributed by atoms with Crippen molar-refractivity contribution < 1.29 is 28.5 Å². The summed E-state index contributed by atoms with van der Waals surface area (Å²) < 4.78 is 32.3. The van der Waals surface area contributed by atoms with Crippen LogP contribution in [0.25, 0.3) is 10.9 Å². The minimum Gasteiger partial charge on any atom is -0.477 e. The van der Waals surface area contributed by atoms with Gasteiger partial charge in [0.2, 0.25) is 0 Å². The summed E-state index contributed by atoms with van der Waals surface area (Å²) in [5.41, 5.74) is 2.51. The Balaban J connectivity index is 1.56. The highest BCUT2D eigenvalue weighted by Gasteiger charge is 2.32. The number of carboxylic acids is 1.